The van der Waals surface area contributed by atoms with Crippen molar-refractivity contribution in [3.63, 3.8) is 0 Å². The summed E-state index contributed by atoms with van der Waals surface area (Å²) in [6.45, 7) is 1.73. The van der Waals surface area contributed by atoms with Gasteiger partial charge in [0.1, 0.15) is 6.61 Å². The molecule has 1 N–H and O–H groups in total. The highest BCUT2D eigenvalue weighted by atomic mass is 31.1. The second kappa shape index (κ2) is 6.00. The SMILES string of the molecule is Cc1ccc(C2(C(=O)CO[PH](=O)O)CCCC2)cc1. The van der Waals surface area contributed by atoms with Crippen molar-refractivity contribution < 1.29 is 18.8 Å². The van der Waals surface area contributed by atoms with Gasteiger partial charge in [0.15, 0.2) is 5.78 Å². The molecule has 1 aromatic carbocycles. The van der Waals surface area contributed by atoms with Gasteiger partial charge in [-0.15, -0.1) is 0 Å². The normalized spacial score (nSPS) is 19.3. The zero-order valence-electron chi connectivity index (χ0n) is 11.0. The van der Waals surface area contributed by atoms with Crippen LogP contribution < -0.4 is 0 Å². The molecule has 1 aliphatic carbocycles. The van der Waals surface area contributed by atoms with Gasteiger partial charge in [-0.25, -0.2) is 0 Å². The molecule has 0 radical (unpaired) electrons. The Morgan fingerprint density at radius 3 is 2.42 bits per heavy atom. The Hall–Kier alpha value is -0.960. The van der Waals surface area contributed by atoms with E-state index in [2.05, 4.69) is 4.52 Å². The number of Topliss-reactive ketones (excluding diaryl/α,β-unsaturated/α-hetero) is 1. The van der Waals surface area contributed by atoms with E-state index in [4.69, 9.17) is 4.89 Å². The number of carbonyl (C=O) groups is 1. The highest BCUT2D eigenvalue weighted by molar-refractivity contribution is 7.32. The fourth-order valence-corrected chi connectivity index (χ4v) is 3.10. The number of aryl methyl sites for hydroxylation is 1. The van der Waals surface area contributed by atoms with E-state index in [0.29, 0.717) is 0 Å². The molecule has 0 bridgehead atoms. The maximum atomic E-state index is 12.4. The van der Waals surface area contributed by atoms with Gasteiger partial charge < -0.3 is 9.42 Å². The summed E-state index contributed by atoms with van der Waals surface area (Å²) in [5.41, 5.74) is 1.63. The van der Waals surface area contributed by atoms with Gasteiger partial charge in [-0.2, -0.15) is 0 Å². The Kier molecular flexibility index (Phi) is 4.56. The molecule has 1 unspecified atom stereocenters. The van der Waals surface area contributed by atoms with Crippen LogP contribution in [-0.4, -0.2) is 17.3 Å². The fraction of sp³-hybridized carbons (Fsp3) is 0.500. The minimum absolute atomic E-state index is 0.0822. The van der Waals surface area contributed by atoms with Crippen LogP contribution in [0.25, 0.3) is 0 Å². The Morgan fingerprint density at radius 1 is 1.32 bits per heavy atom. The molecule has 1 aliphatic rings. The van der Waals surface area contributed by atoms with Gasteiger partial charge >= 0.3 is 8.25 Å². The minimum Gasteiger partial charge on any atom is -0.326 e. The fourth-order valence-electron chi connectivity index (χ4n) is 2.85. The first-order valence-corrected chi connectivity index (χ1v) is 7.77. The van der Waals surface area contributed by atoms with Crippen molar-refractivity contribution in [1.82, 2.24) is 0 Å². The topological polar surface area (TPSA) is 63.6 Å². The predicted octanol–water partition coefficient (Wildman–Crippen LogP) is 2.77. The summed E-state index contributed by atoms with van der Waals surface area (Å²) in [6.07, 6.45) is 3.61. The minimum atomic E-state index is -3.04. The van der Waals surface area contributed by atoms with Crippen molar-refractivity contribution in [3.8, 4) is 0 Å². The first kappa shape index (κ1) is 14.4. The molecule has 0 spiro atoms. The third-order valence-electron chi connectivity index (χ3n) is 3.92. The zero-order valence-corrected chi connectivity index (χ0v) is 12.0. The molecule has 2 rings (SSSR count). The third kappa shape index (κ3) is 3.14. The average molecular weight is 282 g/mol. The van der Waals surface area contributed by atoms with Crippen molar-refractivity contribution in [1.29, 1.82) is 0 Å². The molecule has 19 heavy (non-hydrogen) atoms. The summed E-state index contributed by atoms with van der Waals surface area (Å²) in [7, 11) is -3.04. The van der Waals surface area contributed by atoms with Crippen LogP contribution in [0.3, 0.4) is 0 Å². The molecule has 0 aliphatic heterocycles. The van der Waals surface area contributed by atoms with Crippen LogP contribution in [0.1, 0.15) is 36.8 Å². The van der Waals surface area contributed by atoms with E-state index in [1.54, 1.807) is 0 Å². The molecule has 4 nitrogen and oxygen atoms in total. The zero-order chi connectivity index (χ0) is 13.9. The van der Waals surface area contributed by atoms with E-state index in [9.17, 15) is 9.36 Å². The van der Waals surface area contributed by atoms with Gasteiger partial charge in [0.2, 0.25) is 0 Å². The maximum absolute atomic E-state index is 12.4. The maximum Gasteiger partial charge on any atom is 0.317 e. The monoisotopic (exact) mass is 282 g/mol. The van der Waals surface area contributed by atoms with Crippen molar-refractivity contribution >= 4 is 14.0 Å². The van der Waals surface area contributed by atoms with Crippen LogP contribution in [0.5, 0.6) is 0 Å². The summed E-state index contributed by atoms with van der Waals surface area (Å²) in [5, 5.41) is 0. The molecular weight excluding hydrogens is 263 g/mol. The van der Waals surface area contributed by atoms with Crippen LogP contribution in [0, 0.1) is 6.92 Å². The van der Waals surface area contributed by atoms with Crippen molar-refractivity contribution in [3.05, 3.63) is 35.4 Å². The van der Waals surface area contributed by atoms with E-state index >= 15 is 0 Å². The standard InChI is InChI=1S/C14H19O4P/c1-11-4-6-12(7-5-11)14(8-2-3-9-14)13(15)10-18-19(16)17/h4-7,19H,2-3,8-10H2,1H3,(H,16,17). The molecule has 0 aromatic heterocycles. The van der Waals surface area contributed by atoms with Gasteiger partial charge in [0.05, 0.1) is 5.41 Å². The number of ketones is 1. The van der Waals surface area contributed by atoms with Crippen molar-refractivity contribution in [2.45, 2.75) is 38.0 Å². The Bertz CT molecular complexity index is 475. The van der Waals surface area contributed by atoms with E-state index < -0.39 is 13.7 Å². The van der Waals surface area contributed by atoms with Crippen molar-refractivity contribution in [2.24, 2.45) is 0 Å². The van der Waals surface area contributed by atoms with E-state index in [1.165, 1.54) is 0 Å². The Balaban J connectivity index is 2.24. The van der Waals surface area contributed by atoms with Gasteiger partial charge in [0, 0.05) is 0 Å². The summed E-state index contributed by atoms with van der Waals surface area (Å²) in [5.74, 6) is -0.0822. The number of hydrogen-bond acceptors (Lipinski definition) is 3. The molecule has 0 amide bonds. The van der Waals surface area contributed by atoms with Crippen LogP contribution in [-0.2, 0) is 19.3 Å². The molecular formula is C14H19O4P. The first-order chi connectivity index (χ1) is 9.04. The molecule has 1 fully saturated rings. The van der Waals surface area contributed by atoms with Crippen LogP contribution in [0.2, 0.25) is 0 Å². The largest absolute Gasteiger partial charge is 0.326 e. The second-order valence-corrected chi connectivity index (χ2v) is 5.95. The number of rotatable bonds is 5. The molecule has 5 heteroatoms. The van der Waals surface area contributed by atoms with Gasteiger partial charge in [-0.1, -0.05) is 42.7 Å². The van der Waals surface area contributed by atoms with Gasteiger partial charge in [0.25, 0.3) is 0 Å². The van der Waals surface area contributed by atoms with E-state index in [1.807, 2.05) is 31.2 Å². The van der Waals surface area contributed by atoms with E-state index in [0.717, 1.165) is 36.8 Å². The number of hydrogen-bond donors (Lipinski definition) is 1. The summed E-state index contributed by atoms with van der Waals surface area (Å²) in [6, 6.07) is 7.97. The van der Waals surface area contributed by atoms with Gasteiger partial charge in [-0.05, 0) is 25.3 Å². The molecule has 1 saturated carbocycles. The van der Waals surface area contributed by atoms with Gasteiger partial charge in [-0.3, -0.25) is 9.36 Å². The second-order valence-electron chi connectivity index (χ2n) is 5.13. The average Bonchev–Trinajstić information content (AvgIpc) is 2.87. The molecule has 1 aromatic rings. The summed E-state index contributed by atoms with van der Waals surface area (Å²) < 4.78 is 15.3. The van der Waals surface area contributed by atoms with Crippen LogP contribution in [0.4, 0.5) is 0 Å². The Labute approximate surface area is 113 Å². The number of carbonyl (C=O) groups excluding carboxylic acids is 1. The van der Waals surface area contributed by atoms with Crippen LogP contribution >= 0.6 is 8.25 Å². The van der Waals surface area contributed by atoms with Crippen molar-refractivity contribution in [2.75, 3.05) is 6.61 Å². The Morgan fingerprint density at radius 2 is 1.89 bits per heavy atom. The molecule has 1 atom stereocenters. The number of benzene rings is 1. The molecule has 0 heterocycles. The highest BCUT2D eigenvalue weighted by Gasteiger charge is 2.42. The lowest BCUT2D eigenvalue weighted by Gasteiger charge is -2.28. The van der Waals surface area contributed by atoms with E-state index in [-0.39, 0.29) is 12.4 Å². The molecule has 104 valence electrons. The predicted molar refractivity (Wildman–Crippen MR) is 73.5 cm³/mol. The lowest BCUT2D eigenvalue weighted by atomic mass is 9.75. The first-order valence-electron chi connectivity index (χ1n) is 6.51. The van der Waals surface area contributed by atoms with Crippen LogP contribution in [0.15, 0.2) is 24.3 Å². The summed E-state index contributed by atoms with van der Waals surface area (Å²) in [4.78, 5) is 21.1. The summed E-state index contributed by atoms with van der Waals surface area (Å²) >= 11 is 0. The third-order valence-corrected chi connectivity index (χ3v) is 4.31. The quantitative estimate of drug-likeness (QED) is 0.843. The smallest absolute Gasteiger partial charge is 0.317 e. The molecule has 0 saturated heterocycles. The lowest BCUT2D eigenvalue weighted by Crippen LogP contribution is -2.35. The highest BCUT2D eigenvalue weighted by Crippen LogP contribution is 2.42. The lowest BCUT2D eigenvalue weighted by molar-refractivity contribution is -0.126.